The van der Waals surface area contributed by atoms with E-state index in [2.05, 4.69) is 11.0 Å². The summed E-state index contributed by atoms with van der Waals surface area (Å²) in [6.45, 7) is 3.80. The molecule has 0 spiro atoms. The molecular weight excluding hydrogens is 465 g/mol. The van der Waals surface area contributed by atoms with E-state index in [1.54, 1.807) is 13.8 Å². The van der Waals surface area contributed by atoms with E-state index in [0.717, 1.165) is 6.08 Å². The van der Waals surface area contributed by atoms with Crippen LogP contribution in [0.1, 0.15) is 29.8 Å². The maximum atomic E-state index is 13.8. The second-order valence-electron chi connectivity index (χ2n) is 7.02. The Morgan fingerprint density at radius 3 is 2.40 bits per heavy atom. The fraction of sp³-hybridized carbons (Fsp3) is 0.240. The smallest absolute Gasteiger partial charge is 0.435 e. The zero-order valence-electron chi connectivity index (χ0n) is 18.9. The normalized spacial score (nSPS) is 14.5. The Labute approximate surface area is 199 Å². The third-order valence-corrected chi connectivity index (χ3v) is 4.66. The van der Waals surface area contributed by atoms with E-state index >= 15 is 0 Å². The van der Waals surface area contributed by atoms with E-state index in [1.165, 1.54) is 42.5 Å². The van der Waals surface area contributed by atoms with Gasteiger partial charge in [0.15, 0.2) is 17.2 Å². The first-order chi connectivity index (χ1) is 16.7. The van der Waals surface area contributed by atoms with Crippen molar-refractivity contribution in [3.63, 3.8) is 0 Å². The molecule has 0 radical (unpaired) electrons. The van der Waals surface area contributed by atoms with Crippen molar-refractivity contribution < 1.29 is 37.0 Å². The minimum absolute atomic E-state index is 0.0200. The number of benzene rings is 2. The molecule has 7 nitrogen and oxygen atoms in total. The average molecular weight is 486 g/mol. The van der Waals surface area contributed by atoms with Gasteiger partial charge in [-0.1, -0.05) is 12.0 Å². The standard InChI is InChI=1S/C25H21F3N2O5/c1-4-13-35-20-12-7-16(15-21(20)33-5-2)14-19-22(25(26,27)28)29-30(23(19)31)18-10-8-17(9-11-18)24(32)34-6-3/h1,7-12,14-15H,5-6,13H2,2-3H3. The Kier molecular flexibility index (Phi) is 7.81. The van der Waals surface area contributed by atoms with Crippen molar-refractivity contribution >= 4 is 29.4 Å². The Morgan fingerprint density at radius 1 is 1.09 bits per heavy atom. The topological polar surface area (TPSA) is 77.4 Å². The van der Waals surface area contributed by atoms with Gasteiger partial charge in [0.25, 0.3) is 5.91 Å². The number of hydrazone groups is 1. The fourth-order valence-corrected chi connectivity index (χ4v) is 3.17. The van der Waals surface area contributed by atoms with Crippen molar-refractivity contribution in [2.24, 2.45) is 5.10 Å². The first kappa shape index (κ1) is 25.4. The van der Waals surface area contributed by atoms with Crippen molar-refractivity contribution in [3.8, 4) is 23.8 Å². The maximum absolute atomic E-state index is 13.8. The summed E-state index contributed by atoms with van der Waals surface area (Å²) in [5.74, 6) is 1.33. The molecule has 0 saturated heterocycles. The molecule has 1 aliphatic rings. The van der Waals surface area contributed by atoms with Crippen LogP contribution in [0, 0.1) is 12.3 Å². The summed E-state index contributed by atoms with van der Waals surface area (Å²) in [4.78, 5) is 24.8. The highest BCUT2D eigenvalue weighted by Gasteiger charge is 2.46. The summed E-state index contributed by atoms with van der Waals surface area (Å²) in [5.41, 5.74) is -1.48. The van der Waals surface area contributed by atoms with Gasteiger partial charge in [0.2, 0.25) is 0 Å². The molecule has 1 amide bonds. The molecule has 0 saturated carbocycles. The number of carbonyl (C=O) groups is 2. The molecule has 0 unspecified atom stereocenters. The lowest BCUT2D eigenvalue weighted by molar-refractivity contribution is -0.114. The summed E-state index contributed by atoms with van der Waals surface area (Å²) in [5, 5.41) is 4.17. The molecule has 1 aliphatic heterocycles. The molecule has 0 bridgehead atoms. The summed E-state index contributed by atoms with van der Waals surface area (Å²) < 4.78 is 57.0. The summed E-state index contributed by atoms with van der Waals surface area (Å²) in [6.07, 6.45) is 1.39. The number of nitrogens with zero attached hydrogens (tertiary/aromatic N) is 2. The summed E-state index contributed by atoms with van der Waals surface area (Å²) >= 11 is 0. The molecule has 10 heteroatoms. The van der Waals surface area contributed by atoms with Crippen molar-refractivity contribution in [3.05, 3.63) is 59.2 Å². The minimum atomic E-state index is -4.89. The Hall–Kier alpha value is -4.26. The Morgan fingerprint density at radius 2 is 1.80 bits per heavy atom. The number of halogens is 3. The van der Waals surface area contributed by atoms with Crippen LogP contribution < -0.4 is 14.5 Å². The van der Waals surface area contributed by atoms with Crippen molar-refractivity contribution in [2.75, 3.05) is 24.8 Å². The molecule has 0 aromatic heterocycles. The molecule has 182 valence electrons. The van der Waals surface area contributed by atoms with Crippen LogP contribution in [0.3, 0.4) is 0 Å². The number of amides is 1. The second-order valence-corrected chi connectivity index (χ2v) is 7.02. The molecule has 2 aromatic carbocycles. The van der Waals surface area contributed by atoms with Gasteiger partial charge in [-0.2, -0.15) is 23.3 Å². The van der Waals surface area contributed by atoms with Crippen LogP contribution in [0.4, 0.5) is 18.9 Å². The van der Waals surface area contributed by atoms with Gasteiger partial charge in [-0.15, -0.1) is 6.42 Å². The highest BCUT2D eigenvalue weighted by atomic mass is 19.4. The second kappa shape index (κ2) is 10.8. The predicted molar refractivity (Wildman–Crippen MR) is 123 cm³/mol. The lowest BCUT2D eigenvalue weighted by Crippen LogP contribution is -2.25. The van der Waals surface area contributed by atoms with E-state index < -0.39 is 29.3 Å². The van der Waals surface area contributed by atoms with Crippen LogP contribution in [-0.4, -0.2) is 43.6 Å². The fourth-order valence-electron chi connectivity index (χ4n) is 3.17. The molecule has 1 heterocycles. The molecule has 0 N–H and O–H groups in total. The van der Waals surface area contributed by atoms with Gasteiger partial charge in [-0.3, -0.25) is 4.79 Å². The number of hydrogen-bond acceptors (Lipinski definition) is 6. The molecule has 0 atom stereocenters. The first-order valence-corrected chi connectivity index (χ1v) is 10.5. The number of alkyl halides is 3. The monoisotopic (exact) mass is 486 g/mol. The Bertz CT molecular complexity index is 1210. The van der Waals surface area contributed by atoms with Crippen molar-refractivity contribution in [1.29, 1.82) is 0 Å². The van der Waals surface area contributed by atoms with Crippen LogP contribution in [0.25, 0.3) is 6.08 Å². The number of anilines is 1. The molecule has 2 aromatic rings. The van der Waals surface area contributed by atoms with Gasteiger partial charge in [0.05, 0.1) is 30.0 Å². The van der Waals surface area contributed by atoms with Crippen LogP contribution in [-0.2, 0) is 9.53 Å². The SMILES string of the molecule is C#CCOc1ccc(C=C2C(=O)N(c3ccc(C(=O)OCC)cc3)N=C2C(F)(F)F)cc1OCC. The van der Waals surface area contributed by atoms with Gasteiger partial charge in [0.1, 0.15) is 6.61 Å². The van der Waals surface area contributed by atoms with Gasteiger partial charge >= 0.3 is 12.1 Å². The van der Waals surface area contributed by atoms with Crippen LogP contribution >= 0.6 is 0 Å². The van der Waals surface area contributed by atoms with Crippen LogP contribution in [0.15, 0.2) is 53.1 Å². The van der Waals surface area contributed by atoms with E-state index in [9.17, 15) is 22.8 Å². The number of esters is 1. The zero-order chi connectivity index (χ0) is 25.6. The predicted octanol–water partition coefficient (Wildman–Crippen LogP) is 4.62. The number of carbonyl (C=O) groups excluding carboxylic acids is 2. The van der Waals surface area contributed by atoms with E-state index in [1.807, 2.05) is 0 Å². The molecule has 0 aliphatic carbocycles. The van der Waals surface area contributed by atoms with Gasteiger partial charge in [-0.05, 0) is 61.9 Å². The summed E-state index contributed by atoms with van der Waals surface area (Å²) in [7, 11) is 0. The Balaban J connectivity index is 1.98. The largest absolute Gasteiger partial charge is 0.490 e. The van der Waals surface area contributed by atoms with Crippen LogP contribution in [0.5, 0.6) is 11.5 Å². The molecule has 35 heavy (non-hydrogen) atoms. The van der Waals surface area contributed by atoms with Crippen LogP contribution in [0.2, 0.25) is 0 Å². The lowest BCUT2D eigenvalue weighted by atomic mass is 10.1. The first-order valence-electron chi connectivity index (χ1n) is 10.5. The lowest BCUT2D eigenvalue weighted by Gasteiger charge is -2.13. The quantitative estimate of drug-likeness (QED) is 0.309. The van der Waals surface area contributed by atoms with Gasteiger partial charge in [0, 0.05) is 0 Å². The van der Waals surface area contributed by atoms with E-state index in [-0.39, 0.29) is 42.4 Å². The van der Waals surface area contributed by atoms with Gasteiger partial charge < -0.3 is 14.2 Å². The highest BCUT2D eigenvalue weighted by Crippen LogP contribution is 2.34. The third kappa shape index (κ3) is 5.81. The van der Waals surface area contributed by atoms with E-state index in [4.69, 9.17) is 20.6 Å². The van der Waals surface area contributed by atoms with E-state index in [0.29, 0.717) is 10.8 Å². The average Bonchev–Trinajstić information content (AvgIpc) is 3.15. The van der Waals surface area contributed by atoms with Gasteiger partial charge in [-0.25, -0.2) is 4.79 Å². The molecular formula is C25H21F3N2O5. The summed E-state index contributed by atoms with van der Waals surface area (Å²) in [6, 6.07) is 9.72. The third-order valence-electron chi connectivity index (χ3n) is 4.66. The molecule has 0 fully saturated rings. The highest BCUT2D eigenvalue weighted by molar-refractivity contribution is 6.34. The zero-order valence-corrected chi connectivity index (χ0v) is 18.9. The minimum Gasteiger partial charge on any atom is -0.490 e. The number of hydrogen-bond donors (Lipinski definition) is 0. The number of rotatable bonds is 8. The molecule has 3 rings (SSSR count). The van der Waals surface area contributed by atoms with Crippen molar-refractivity contribution in [2.45, 2.75) is 20.0 Å². The van der Waals surface area contributed by atoms with Crippen molar-refractivity contribution in [1.82, 2.24) is 0 Å². The number of terminal acetylenes is 1. The maximum Gasteiger partial charge on any atom is 0.435 e. The number of ether oxygens (including phenoxy) is 3.